The first kappa shape index (κ1) is 14.1. The van der Waals surface area contributed by atoms with Crippen molar-refractivity contribution in [3.05, 3.63) is 17.5 Å². The fraction of sp³-hybridized carbons (Fsp3) is 0.364. The lowest BCUT2D eigenvalue weighted by molar-refractivity contribution is -0.153. The molecule has 0 unspecified atom stereocenters. The summed E-state index contributed by atoms with van der Waals surface area (Å²) >= 11 is 0. The molecule has 0 aliphatic heterocycles. The Morgan fingerprint density at radius 2 is 2.15 bits per heavy atom. The molecule has 0 fully saturated rings. The average molecular weight is 289 g/mol. The van der Waals surface area contributed by atoms with E-state index in [2.05, 4.69) is 14.8 Å². The summed E-state index contributed by atoms with van der Waals surface area (Å²) in [6.07, 6.45) is -3.61. The van der Waals surface area contributed by atoms with Gasteiger partial charge < -0.3 is 9.84 Å². The van der Waals surface area contributed by atoms with Gasteiger partial charge >= 0.3 is 12.1 Å². The zero-order chi connectivity index (χ0) is 15.1. The lowest BCUT2D eigenvalue weighted by Gasteiger charge is -2.12. The molecule has 108 valence electrons. The summed E-state index contributed by atoms with van der Waals surface area (Å²) in [5.74, 6) is -1.79. The largest absolute Gasteiger partial charge is 0.482 e. The van der Waals surface area contributed by atoms with E-state index in [9.17, 15) is 18.0 Å². The Morgan fingerprint density at radius 3 is 2.70 bits per heavy atom. The number of rotatable bonds is 3. The first-order valence-electron chi connectivity index (χ1n) is 5.46. The van der Waals surface area contributed by atoms with Crippen LogP contribution >= 0.6 is 0 Å². The number of nitrogens with zero attached hydrogens (tertiary/aromatic N) is 3. The van der Waals surface area contributed by atoms with Crippen LogP contribution in [0, 0.1) is 6.92 Å². The first-order chi connectivity index (χ1) is 9.20. The second-order valence-electron chi connectivity index (χ2n) is 4.12. The molecule has 9 heteroatoms. The third-order valence-corrected chi connectivity index (χ3v) is 2.59. The number of ether oxygens (including phenoxy) is 1. The minimum atomic E-state index is -4.57. The number of carbonyl (C=O) groups is 1. The zero-order valence-electron chi connectivity index (χ0n) is 10.5. The van der Waals surface area contributed by atoms with Crippen molar-refractivity contribution in [1.82, 2.24) is 14.8 Å². The number of fused-ring (bicyclic) bond motifs is 1. The molecule has 1 N–H and O–H groups in total. The predicted octanol–water partition coefficient (Wildman–Crippen LogP) is 1.92. The van der Waals surface area contributed by atoms with Gasteiger partial charge in [-0.3, -0.25) is 4.68 Å². The maximum atomic E-state index is 12.3. The number of hydrogen-bond acceptors (Lipinski definition) is 4. The van der Waals surface area contributed by atoms with Gasteiger partial charge in [-0.15, -0.1) is 0 Å². The van der Waals surface area contributed by atoms with Crippen LogP contribution in [0.3, 0.4) is 0 Å². The van der Waals surface area contributed by atoms with Gasteiger partial charge in [-0.05, 0) is 6.92 Å². The van der Waals surface area contributed by atoms with Crippen molar-refractivity contribution in [2.45, 2.75) is 13.1 Å². The predicted molar refractivity (Wildman–Crippen MR) is 61.8 cm³/mol. The van der Waals surface area contributed by atoms with Gasteiger partial charge in [0.2, 0.25) is 0 Å². The Kier molecular flexibility index (Phi) is 3.28. The average Bonchev–Trinajstić information content (AvgIpc) is 2.61. The highest BCUT2D eigenvalue weighted by Gasteiger charge is 2.30. The fourth-order valence-electron chi connectivity index (χ4n) is 1.84. The van der Waals surface area contributed by atoms with E-state index in [4.69, 9.17) is 5.11 Å². The SMILES string of the molecule is Cc1nn(C)c2ncc(C(=O)O)c(OCC(F)(F)F)c12. The summed E-state index contributed by atoms with van der Waals surface area (Å²) in [6, 6.07) is 0. The third kappa shape index (κ3) is 2.51. The summed E-state index contributed by atoms with van der Waals surface area (Å²) in [6.45, 7) is -0.0448. The standard InChI is InChI=1S/C11H10F3N3O3/c1-5-7-8(20-4-11(12,13)14)6(10(18)19)3-15-9(7)17(2)16-5/h3H,4H2,1-2H3,(H,18,19). The zero-order valence-corrected chi connectivity index (χ0v) is 10.5. The third-order valence-electron chi connectivity index (χ3n) is 2.59. The molecule has 20 heavy (non-hydrogen) atoms. The quantitative estimate of drug-likeness (QED) is 0.934. The Hall–Kier alpha value is -2.32. The van der Waals surface area contributed by atoms with E-state index in [1.54, 1.807) is 7.05 Å². The molecule has 0 bridgehead atoms. The summed E-state index contributed by atoms with van der Waals surface area (Å²) in [5, 5.41) is 13.2. The van der Waals surface area contributed by atoms with Gasteiger partial charge in [-0.25, -0.2) is 9.78 Å². The van der Waals surface area contributed by atoms with Crippen LogP contribution in [-0.4, -0.2) is 38.6 Å². The molecular formula is C11H10F3N3O3. The van der Waals surface area contributed by atoms with Crippen molar-refractivity contribution in [3.63, 3.8) is 0 Å². The lowest BCUT2D eigenvalue weighted by atomic mass is 10.2. The molecule has 0 aliphatic rings. The molecule has 2 rings (SSSR count). The summed E-state index contributed by atoms with van der Waals surface area (Å²) in [7, 11) is 1.55. The van der Waals surface area contributed by atoms with E-state index in [0.717, 1.165) is 6.20 Å². The Bertz CT molecular complexity index is 679. The molecule has 0 radical (unpaired) electrons. The number of hydrogen-bond donors (Lipinski definition) is 1. The van der Waals surface area contributed by atoms with Crippen molar-refractivity contribution >= 4 is 17.0 Å². The van der Waals surface area contributed by atoms with Crippen LogP contribution < -0.4 is 4.74 Å². The van der Waals surface area contributed by atoms with Gasteiger partial charge in [0.1, 0.15) is 11.3 Å². The fourth-order valence-corrected chi connectivity index (χ4v) is 1.84. The van der Waals surface area contributed by atoms with Crippen LogP contribution in [0.5, 0.6) is 5.75 Å². The minimum absolute atomic E-state index is 0.164. The van der Waals surface area contributed by atoms with E-state index >= 15 is 0 Å². The topological polar surface area (TPSA) is 77.2 Å². The maximum Gasteiger partial charge on any atom is 0.422 e. The van der Waals surface area contributed by atoms with Crippen LogP contribution in [0.2, 0.25) is 0 Å². The van der Waals surface area contributed by atoms with Gasteiger partial charge in [0.25, 0.3) is 0 Å². The molecule has 0 amide bonds. The van der Waals surface area contributed by atoms with Crippen LogP contribution in [-0.2, 0) is 7.05 Å². The second-order valence-corrected chi connectivity index (χ2v) is 4.12. The highest BCUT2D eigenvalue weighted by Crippen LogP contribution is 2.32. The summed E-state index contributed by atoms with van der Waals surface area (Å²) in [4.78, 5) is 15.0. The molecule has 2 aromatic heterocycles. The number of carboxylic acid groups (broad SMARTS) is 1. The number of pyridine rings is 1. The first-order valence-corrected chi connectivity index (χ1v) is 5.46. The monoisotopic (exact) mass is 289 g/mol. The highest BCUT2D eigenvalue weighted by atomic mass is 19.4. The molecule has 6 nitrogen and oxygen atoms in total. The molecule has 2 heterocycles. The smallest absolute Gasteiger partial charge is 0.422 e. The van der Waals surface area contributed by atoms with Crippen LogP contribution in [0.4, 0.5) is 13.2 Å². The molecular weight excluding hydrogens is 279 g/mol. The highest BCUT2D eigenvalue weighted by molar-refractivity contribution is 5.98. The Balaban J connectivity index is 2.62. The number of halogens is 3. The number of aryl methyl sites for hydroxylation is 2. The lowest BCUT2D eigenvalue weighted by Crippen LogP contribution is -2.20. The summed E-state index contributed by atoms with van der Waals surface area (Å²) < 4.78 is 42.8. The molecule has 2 aromatic rings. The number of alkyl halides is 3. The van der Waals surface area contributed by atoms with E-state index in [1.165, 1.54) is 11.6 Å². The van der Waals surface area contributed by atoms with Crippen LogP contribution in [0.25, 0.3) is 11.0 Å². The van der Waals surface area contributed by atoms with Gasteiger partial charge in [0, 0.05) is 13.2 Å². The number of carboxylic acids is 1. The van der Waals surface area contributed by atoms with Crippen molar-refractivity contribution in [3.8, 4) is 5.75 Å². The van der Waals surface area contributed by atoms with E-state index in [0.29, 0.717) is 5.69 Å². The van der Waals surface area contributed by atoms with E-state index in [1.807, 2.05) is 0 Å². The molecule has 0 aliphatic carbocycles. The molecule has 0 saturated heterocycles. The van der Waals surface area contributed by atoms with Crippen molar-refractivity contribution in [1.29, 1.82) is 0 Å². The van der Waals surface area contributed by atoms with Gasteiger partial charge in [-0.2, -0.15) is 18.3 Å². The Morgan fingerprint density at radius 1 is 1.50 bits per heavy atom. The van der Waals surface area contributed by atoms with Gasteiger partial charge in [0.05, 0.1) is 11.1 Å². The van der Waals surface area contributed by atoms with Gasteiger partial charge in [-0.1, -0.05) is 0 Å². The number of aromatic carboxylic acids is 1. The molecule has 0 aromatic carbocycles. The Labute approximate surface area is 110 Å². The van der Waals surface area contributed by atoms with Crippen LogP contribution in [0.1, 0.15) is 16.1 Å². The van der Waals surface area contributed by atoms with Crippen molar-refractivity contribution in [2.24, 2.45) is 7.05 Å². The van der Waals surface area contributed by atoms with Crippen molar-refractivity contribution in [2.75, 3.05) is 6.61 Å². The number of aromatic nitrogens is 3. The molecule has 0 spiro atoms. The maximum absolute atomic E-state index is 12.3. The molecule has 0 saturated carbocycles. The van der Waals surface area contributed by atoms with Crippen molar-refractivity contribution < 1.29 is 27.8 Å². The van der Waals surface area contributed by atoms with Crippen LogP contribution in [0.15, 0.2) is 6.20 Å². The minimum Gasteiger partial charge on any atom is -0.482 e. The van der Waals surface area contributed by atoms with E-state index in [-0.39, 0.29) is 16.8 Å². The molecule has 0 atom stereocenters. The summed E-state index contributed by atoms with van der Waals surface area (Å²) in [5.41, 5.74) is 0.165. The second kappa shape index (κ2) is 4.66. The van der Waals surface area contributed by atoms with E-state index < -0.39 is 24.3 Å². The normalized spacial score (nSPS) is 11.8. The van der Waals surface area contributed by atoms with Gasteiger partial charge in [0.15, 0.2) is 12.3 Å².